The van der Waals surface area contributed by atoms with Gasteiger partial charge in [-0.25, -0.2) is 9.59 Å². The van der Waals surface area contributed by atoms with E-state index < -0.39 is 47.7 Å². The first kappa shape index (κ1) is 22.6. The van der Waals surface area contributed by atoms with Crippen LogP contribution in [0.3, 0.4) is 0 Å². The van der Waals surface area contributed by atoms with Crippen molar-refractivity contribution in [1.29, 1.82) is 0 Å². The molecule has 9 nitrogen and oxygen atoms in total. The zero-order chi connectivity index (χ0) is 22.8. The van der Waals surface area contributed by atoms with E-state index in [2.05, 4.69) is 0 Å². The Bertz CT molecular complexity index is 858. The molecular formula is C22H28N2O7. The van der Waals surface area contributed by atoms with Crippen LogP contribution in [0, 0.1) is 0 Å². The number of esters is 2. The normalized spacial score (nSPS) is 19.7. The second-order valence-corrected chi connectivity index (χ2v) is 8.76. The van der Waals surface area contributed by atoms with Crippen LogP contribution < -0.4 is 0 Å². The summed E-state index contributed by atoms with van der Waals surface area (Å²) in [4.78, 5) is 53.2. The van der Waals surface area contributed by atoms with Crippen molar-refractivity contribution >= 4 is 23.9 Å². The van der Waals surface area contributed by atoms with Crippen LogP contribution >= 0.6 is 0 Å². The third-order valence-corrected chi connectivity index (χ3v) is 5.30. The van der Waals surface area contributed by atoms with Gasteiger partial charge in [-0.15, -0.1) is 0 Å². The third kappa shape index (κ3) is 4.98. The topological polar surface area (TPSA) is 102 Å². The van der Waals surface area contributed by atoms with E-state index in [9.17, 15) is 19.2 Å². The van der Waals surface area contributed by atoms with Crippen molar-refractivity contribution in [1.82, 2.24) is 9.80 Å². The van der Waals surface area contributed by atoms with Crippen LogP contribution in [0.1, 0.15) is 39.2 Å². The number of hydrogen-bond donors (Lipinski definition) is 0. The number of amides is 2. The van der Waals surface area contributed by atoms with Gasteiger partial charge < -0.3 is 19.1 Å². The van der Waals surface area contributed by atoms with Crippen molar-refractivity contribution in [2.45, 2.75) is 57.4 Å². The number of piperazine rings is 1. The maximum absolute atomic E-state index is 12.9. The van der Waals surface area contributed by atoms with E-state index in [4.69, 9.17) is 14.2 Å². The average Bonchev–Trinajstić information content (AvgIpc) is 3.49. The largest absolute Gasteiger partial charge is 0.467 e. The molecule has 1 aromatic rings. The molecule has 31 heavy (non-hydrogen) atoms. The van der Waals surface area contributed by atoms with E-state index in [1.807, 2.05) is 18.2 Å². The summed E-state index contributed by atoms with van der Waals surface area (Å²) < 4.78 is 15.6. The molecule has 2 amide bonds. The van der Waals surface area contributed by atoms with Crippen LogP contribution in [0.15, 0.2) is 30.3 Å². The lowest BCUT2D eigenvalue weighted by Crippen LogP contribution is -2.68. The van der Waals surface area contributed by atoms with E-state index >= 15 is 0 Å². The van der Waals surface area contributed by atoms with Crippen molar-refractivity contribution in [2.24, 2.45) is 0 Å². The van der Waals surface area contributed by atoms with E-state index in [0.717, 1.165) is 10.5 Å². The Kier molecular flexibility index (Phi) is 6.24. The molecule has 1 aliphatic carbocycles. The molecule has 3 rings (SSSR count). The Morgan fingerprint density at radius 1 is 1.13 bits per heavy atom. The summed E-state index contributed by atoms with van der Waals surface area (Å²) in [5.41, 5.74) is -0.922. The van der Waals surface area contributed by atoms with Gasteiger partial charge in [0.25, 0.3) is 0 Å². The molecule has 1 atom stereocenters. The highest BCUT2D eigenvalue weighted by molar-refractivity contribution is 5.93. The van der Waals surface area contributed by atoms with Gasteiger partial charge >= 0.3 is 18.0 Å². The minimum Gasteiger partial charge on any atom is -0.467 e. The van der Waals surface area contributed by atoms with Gasteiger partial charge in [0.1, 0.15) is 25.3 Å². The second-order valence-electron chi connectivity index (χ2n) is 8.76. The van der Waals surface area contributed by atoms with Crippen molar-refractivity contribution in [3.05, 3.63) is 35.9 Å². The van der Waals surface area contributed by atoms with Crippen LogP contribution in [0.4, 0.5) is 4.79 Å². The minimum absolute atomic E-state index is 0.00682. The number of nitrogens with zero attached hydrogens (tertiary/aromatic N) is 2. The molecule has 9 heteroatoms. The number of methoxy groups -OCH3 is 1. The highest BCUT2D eigenvalue weighted by Crippen LogP contribution is 2.49. The molecule has 2 aliphatic rings. The Hall–Kier alpha value is -3.10. The standard InChI is InChI=1S/C22H28N2O7/c1-21(2,3)31-17(26)13-24-16(25)12-23(18(19(27)29-4)22(24)10-11-22)20(28)30-14-15-8-6-5-7-9-15/h5-9,18H,10-14H2,1-4H3. The zero-order valence-electron chi connectivity index (χ0n) is 18.3. The monoisotopic (exact) mass is 432 g/mol. The van der Waals surface area contributed by atoms with Crippen LogP contribution in [0.5, 0.6) is 0 Å². The van der Waals surface area contributed by atoms with Gasteiger partial charge in [-0.1, -0.05) is 30.3 Å². The molecule has 1 heterocycles. The molecule has 0 radical (unpaired) electrons. The first-order valence-corrected chi connectivity index (χ1v) is 10.1. The van der Waals surface area contributed by atoms with Crippen LogP contribution in [-0.4, -0.2) is 71.1 Å². The number of rotatable bonds is 5. The molecule has 168 valence electrons. The first-order chi connectivity index (χ1) is 14.6. The predicted octanol–water partition coefficient (Wildman–Crippen LogP) is 1.88. The fraction of sp³-hybridized carbons (Fsp3) is 0.545. The summed E-state index contributed by atoms with van der Waals surface area (Å²) in [5.74, 6) is -1.67. The van der Waals surface area contributed by atoms with Gasteiger partial charge in [0, 0.05) is 0 Å². The van der Waals surface area contributed by atoms with Crippen LogP contribution in [0.2, 0.25) is 0 Å². The number of hydrogen-bond acceptors (Lipinski definition) is 7. The summed E-state index contributed by atoms with van der Waals surface area (Å²) >= 11 is 0. The molecule has 2 fully saturated rings. The van der Waals surface area contributed by atoms with Crippen molar-refractivity contribution in [2.75, 3.05) is 20.2 Å². The number of ether oxygens (including phenoxy) is 3. The highest BCUT2D eigenvalue weighted by Gasteiger charge is 2.65. The number of carbonyl (C=O) groups is 4. The van der Waals surface area contributed by atoms with Gasteiger partial charge in [0.15, 0.2) is 6.04 Å². The van der Waals surface area contributed by atoms with E-state index in [0.29, 0.717) is 12.8 Å². The van der Waals surface area contributed by atoms with Crippen molar-refractivity contribution in [3.63, 3.8) is 0 Å². The fourth-order valence-electron chi connectivity index (χ4n) is 3.86. The lowest BCUT2D eigenvalue weighted by atomic mass is 9.98. The highest BCUT2D eigenvalue weighted by atomic mass is 16.6. The summed E-state index contributed by atoms with van der Waals surface area (Å²) in [5, 5.41) is 0. The Balaban J connectivity index is 1.78. The Labute approximate surface area is 181 Å². The molecular weight excluding hydrogens is 404 g/mol. The molecule has 0 N–H and O–H groups in total. The van der Waals surface area contributed by atoms with Crippen LogP contribution in [-0.2, 0) is 35.2 Å². The molecule has 1 unspecified atom stereocenters. The van der Waals surface area contributed by atoms with E-state index in [-0.39, 0.29) is 13.2 Å². The SMILES string of the molecule is COC(=O)C1N(C(=O)OCc2ccccc2)CC(=O)N(CC(=O)OC(C)(C)C)C12CC2. The lowest BCUT2D eigenvalue weighted by Gasteiger charge is -2.45. The van der Waals surface area contributed by atoms with Gasteiger partial charge in [-0.05, 0) is 39.2 Å². The van der Waals surface area contributed by atoms with E-state index in [1.165, 1.54) is 12.0 Å². The van der Waals surface area contributed by atoms with Gasteiger partial charge in [-0.3, -0.25) is 14.5 Å². The van der Waals surface area contributed by atoms with Gasteiger partial charge in [0.2, 0.25) is 5.91 Å². The number of benzene rings is 1. The molecule has 1 aliphatic heterocycles. The summed E-state index contributed by atoms with van der Waals surface area (Å²) in [6.45, 7) is 4.52. The Morgan fingerprint density at radius 3 is 2.32 bits per heavy atom. The number of carbonyl (C=O) groups excluding carboxylic acids is 4. The molecule has 0 bridgehead atoms. The minimum atomic E-state index is -1.05. The molecule has 1 aromatic carbocycles. The quantitative estimate of drug-likeness (QED) is 0.517. The van der Waals surface area contributed by atoms with Gasteiger partial charge in [0.05, 0.1) is 12.6 Å². The lowest BCUT2D eigenvalue weighted by molar-refractivity contribution is -0.169. The summed E-state index contributed by atoms with van der Waals surface area (Å²) in [6, 6.07) is 8.03. The molecule has 1 spiro atoms. The zero-order valence-corrected chi connectivity index (χ0v) is 18.3. The molecule has 1 saturated heterocycles. The average molecular weight is 432 g/mol. The fourth-order valence-corrected chi connectivity index (χ4v) is 3.86. The van der Waals surface area contributed by atoms with Crippen molar-refractivity contribution in [3.8, 4) is 0 Å². The Morgan fingerprint density at radius 2 is 1.77 bits per heavy atom. The third-order valence-electron chi connectivity index (χ3n) is 5.30. The maximum Gasteiger partial charge on any atom is 0.411 e. The predicted molar refractivity (Wildman–Crippen MR) is 109 cm³/mol. The van der Waals surface area contributed by atoms with E-state index in [1.54, 1.807) is 32.9 Å². The first-order valence-electron chi connectivity index (χ1n) is 10.1. The molecule has 1 saturated carbocycles. The summed E-state index contributed by atoms with van der Waals surface area (Å²) in [6.07, 6.45) is 0.142. The second kappa shape index (κ2) is 8.56. The van der Waals surface area contributed by atoms with Crippen molar-refractivity contribution < 1.29 is 33.4 Å². The molecule has 0 aromatic heterocycles. The van der Waals surface area contributed by atoms with Gasteiger partial charge in [-0.2, -0.15) is 0 Å². The smallest absolute Gasteiger partial charge is 0.411 e. The summed E-state index contributed by atoms with van der Waals surface area (Å²) in [7, 11) is 1.22. The maximum atomic E-state index is 12.9. The van der Waals surface area contributed by atoms with Crippen LogP contribution in [0.25, 0.3) is 0 Å².